The van der Waals surface area contributed by atoms with Gasteiger partial charge >= 0.3 is 0 Å². The van der Waals surface area contributed by atoms with Gasteiger partial charge < -0.3 is 9.84 Å². The van der Waals surface area contributed by atoms with Crippen molar-refractivity contribution in [2.24, 2.45) is 10.2 Å². The number of pyridine rings is 1. The number of nitrogens with zero attached hydrogens (tertiary/aromatic N) is 4. The van der Waals surface area contributed by atoms with Crippen LogP contribution in [0.15, 0.2) is 39.3 Å². The Morgan fingerprint density at radius 2 is 2.00 bits per heavy atom. The molecule has 0 saturated heterocycles. The number of azo groups is 1. The van der Waals surface area contributed by atoms with E-state index in [0.29, 0.717) is 17.0 Å². The van der Waals surface area contributed by atoms with Crippen LogP contribution in [0.4, 0.5) is 11.4 Å². The van der Waals surface area contributed by atoms with Crippen LogP contribution < -0.4 is 10.3 Å². The highest BCUT2D eigenvalue weighted by molar-refractivity contribution is 5.57. The van der Waals surface area contributed by atoms with E-state index in [1.165, 1.54) is 4.57 Å². The maximum Gasteiger partial charge on any atom is 0.281 e. The Kier molecular flexibility index (Phi) is 5.55. The van der Waals surface area contributed by atoms with Gasteiger partial charge in [-0.2, -0.15) is 10.4 Å². The van der Waals surface area contributed by atoms with E-state index in [9.17, 15) is 15.2 Å². The summed E-state index contributed by atoms with van der Waals surface area (Å²) in [5.41, 5.74) is 0.600. The average Bonchev–Trinajstić information content (AvgIpc) is 2.69. The second-order valence-electron chi connectivity index (χ2n) is 6.65. The lowest BCUT2D eigenvalue weighted by atomic mass is 9.94. The second-order valence-corrected chi connectivity index (χ2v) is 6.65. The number of hydrogen-bond acceptors (Lipinski definition) is 6. The van der Waals surface area contributed by atoms with Crippen molar-refractivity contribution in [3.63, 3.8) is 0 Å². The molecule has 0 bridgehead atoms. The van der Waals surface area contributed by atoms with Crippen molar-refractivity contribution in [2.45, 2.75) is 45.1 Å². The first-order valence-corrected chi connectivity index (χ1v) is 9.00. The van der Waals surface area contributed by atoms with E-state index in [4.69, 9.17) is 4.74 Å². The van der Waals surface area contributed by atoms with Crippen LogP contribution in [0.1, 0.15) is 49.3 Å². The van der Waals surface area contributed by atoms with Gasteiger partial charge in [-0.05, 0) is 31.9 Å². The summed E-state index contributed by atoms with van der Waals surface area (Å²) in [4.78, 5) is 13.0. The molecule has 2 aromatic rings. The Balaban J connectivity index is 2.10. The molecule has 1 saturated carbocycles. The molecular weight excluding hydrogens is 344 g/mol. The molecular formula is C20H22N4O3. The van der Waals surface area contributed by atoms with Crippen molar-refractivity contribution in [2.75, 3.05) is 7.11 Å². The first-order chi connectivity index (χ1) is 13.1. The minimum Gasteiger partial charge on any atom is -0.497 e. The van der Waals surface area contributed by atoms with E-state index < -0.39 is 5.56 Å². The van der Waals surface area contributed by atoms with Crippen LogP contribution in [0.2, 0.25) is 0 Å². The van der Waals surface area contributed by atoms with Crippen molar-refractivity contribution < 1.29 is 9.84 Å². The second kappa shape index (κ2) is 8.04. The molecule has 3 rings (SSSR count). The number of hydrogen-bond donors (Lipinski definition) is 1. The van der Waals surface area contributed by atoms with E-state index >= 15 is 0 Å². The van der Waals surface area contributed by atoms with Gasteiger partial charge in [-0.25, -0.2) is 0 Å². The fraction of sp³-hybridized carbons (Fsp3) is 0.400. The van der Waals surface area contributed by atoms with Gasteiger partial charge in [-0.3, -0.25) is 9.36 Å². The highest BCUT2D eigenvalue weighted by atomic mass is 16.5. The zero-order valence-corrected chi connectivity index (χ0v) is 15.5. The van der Waals surface area contributed by atoms with Crippen molar-refractivity contribution in [1.29, 1.82) is 5.26 Å². The number of aromatic hydroxyl groups is 1. The van der Waals surface area contributed by atoms with E-state index in [1.807, 2.05) is 6.07 Å². The molecule has 0 atom stereocenters. The van der Waals surface area contributed by atoms with Crippen molar-refractivity contribution in [3.05, 3.63) is 45.7 Å². The molecule has 140 valence electrons. The summed E-state index contributed by atoms with van der Waals surface area (Å²) in [6.45, 7) is 1.60. The van der Waals surface area contributed by atoms with Crippen molar-refractivity contribution in [3.8, 4) is 17.7 Å². The number of nitriles is 1. The summed E-state index contributed by atoms with van der Waals surface area (Å²) < 4.78 is 6.49. The molecule has 1 N–H and O–H groups in total. The smallest absolute Gasteiger partial charge is 0.281 e. The third-order valence-electron chi connectivity index (χ3n) is 4.97. The maximum atomic E-state index is 13.0. The molecule has 1 aromatic heterocycles. The summed E-state index contributed by atoms with van der Waals surface area (Å²) in [6.07, 6.45) is 4.70. The summed E-state index contributed by atoms with van der Waals surface area (Å²) in [6, 6.07) is 8.88. The SMILES string of the molecule is COc1cccc(N=Nc2c(C)c(C#N)c(O)n(C3CCCCC3)c2=O)c1. The number of aromatic nitrogens is 1. The van der Waals surface area contributed by atoms with Crippen molar-refractivity contribution in [1.82, 2.24) is 4.57 Å². The lowest BCUT2D eigenvalue weighted by Crippen LogP contribution is -2.27. The van der Waals surface area contributed by atoms with Crippen LogP contribution in [0, 0.1) is 18.3 Å². The number of rotatable bonds is 4. The third kappa shape index (κ3) is 3.70. The monoisotopic (exact) mass is 366 g/mol. The molecule has 1 aliphatic rings. The minimum atomic E-state index is -0.414. The predicted molar refractivity (Wildman–Crippen MR) is 101 cm³/mol. The van der Waals surface area contributed by atoms with Crippen molar-refractivity contribution >= 4 is 11.4 Å². The van der Waals surface area contributed by atoms with Crippen LogP contribution in [-0.4, -0.2) is 16.8 Å². The van der Waals surface area contributed by atoms with Gasteiger partial charge in [0.1, 0.15) is 17.4 Å². The standard InChI is InChI=1S/C20H22N4O3/c1-13-17(12-21)19(25)24(15-8-4-3-5-9-15)20(26)18(13)23-22-14-7-6-10-16(11-14)27-2/h6-7,10-11,15,25H,3-5,8-9H2,1-2H3. The fourth-order valence-corrected chi connectivity index (χ4v) is 3.49. The summed E-state index contributed by atoms with van der Waals surface area (Å²) in [7, 11) is 1.56. The first kappa shape index (κ1) is 18.6. The van der Waals surface area contributed by atoms with E-state index in [2.05, 4.69) is 10.2 Å². The molecule has 1 fully saturated rings. The van der Waals surface area contributed by atoms with Crippen LogP contribution >= 0.6 is 0 Å². The molecule has 0 radical (unpaired) electrons. The zero-order valence-electron chi connectivity index (χ0n) is 15.5. The minimum absolute atomic E-state index is 0.0692. The van der Waals surface area contributed by atoms with E-state index in [-0.39, 0.29) is 23.2 Å². The van der Waals surface area contributed by atoms with Gasteiger partial charge in [0.2, 0.25) is 5.88 Å². The lowest BCUT2D eigenvalue weighted by molar-refractivity contribution is 0.303. The Morgan fingerprint density at radius 3 is 2.67 bits per heavy atom. The Morgan fingerprint density at radius 1 is 1.26 bits per heavy atom. The molecule has 27 heavy (non-hydrogen) atoms. The van der Waals surface area contributed by atoms with Crippen LogP contribution in [0.5, 0.6) is 11.6 Å². The average molecular weight is 366 g/mol. The molecule has 1 aliphatic carbocycles. The van der Waals surface area contributed by atoms with Gasteiger partial charge in [-0.1, -0.05) is 25.3 Å². The van der Waals surface area contributed by atoms with Gasteiger partial charge in [0.05, 0.1) is 12.8 Å². The van der Waals surface area contributed by atoms with E-state index in [0.717, 1.165) is 32.1 Å². The summed E-state index contributed by atoms with van der Waals surface area (Å²) >= 11 is 0. The number of benzene rings is 1. The molecule has 0 aliphatic heterocycles. The van der Waals surface area contributed by atoms with Gasteiger partial charge in [0, 0.05) is 17.7 Å². The first-order valence-electron chi connectivity index (χ1n) is 9.00. The summed E-state index contributed by atoms with van der Waals surface area (Å²) in [5.74, 6) is 0.360. The maximum absolute atomic E-state index is 13.0. The largest absolute Gasteiger partial charge is 0.497 e. The Labute approximate surface area is 157 Å². The molecule has 0 spiro atoms. The third-order valence-corrected chi connectivity index (χ3v) is 4.97. The topological polar surface area (TPSA) is 100.0 Å². The Bertz CT molecular complexity index is 966. The highest BCUT2D eigenvalue weighted by Gasteiger charge is 2.25. The predicted octanol–water partition coefficient (Wildman–Crippen LogP) is 4.66. The molecule has 7 nitrogen and oxygen atoms in total. The molecule has 1 aromatic carbocycles. The quantitative estimate of drug-likeness (QED) is 0.795. The normalized spacial score (nSPS) is 15.0. The molecule has 1 heterocycles. The molecule has 0 amide bonds. The highest BCUT2D eigenvalue weighted by Crippen LogP contribution is 2.34. The summed E-state index contributed by atoms with van der Waals surface area (Å²) in [5, 5.41) is 28.3. The number of ether oxygens (including phenoxy) is 1. The molecule has 7 heteroatoms. The van der Waals surface area contributed by atoms with Crippen LogP contribution in [0.25, 0.3) is 0 Å². The fourth-order valence-electron chi connectivity index (χ4n) is 3.49. The lowest BCUT2D eigenvalue weighted by Gasteiger charge is -2.25. The molecule has 0 unspecified atom stereocenters. The van der Waals surface area contributed by atoms with Crippen LogP contribution in [0.3, 0.4) is 0 Å². The van der Waals surface area contributed by atoms with Gasteiger partial charge in [-0.15, -0.1) is 5.11 Å². The Hall–Kier alpha value is -3.14. The zero-order chi connectivity index (χ0) is 19.4. The van der Waals surface area contributed by atoms with Crippen LogP contribution in [-0.2, 0) is 0 Å². The van der Waals surface area contributed by atoms with E-state index in [1.54, 1.807) is 38.3 Å². The number of methoxy groups -OCH3 is 1. The van der Waals surface area contributed by atoms with Gasteiger partial charge in [0.15, 0.2) is 5.69 Å². The van der Waals surface area contributed by atoms with Gasteiger partial charge in [0.25, 0.3) is 5.56 Å².